The van der Waals surface area contributed by atoms with Crippen LogP contribution in [0, 0.1) is 11.8 Å². The van der Waals surface area contributed by atoms with Gasteiger partial charge in [0.2, 0.25) is 0 Å². The third kappa shape index (κ3) is 3.46. The lowest BCUT2D eigenvalue weighted by Gasteiger charge is -2.31. The zero-order valence-corrected chi connectivity index (χ0v) is 13.0. The van der Waals surface area contributed by atoms with Crippen LogP contribution < -0.4 is 5.32 Å². The zero-order valence-electron chi connectivity index (χ0n) is 13.0. The molecule has 1 N–H and O–H groups in total. The number of nitrogens with one attached hydrogen (secondary N) is 1. The third-order valence-electron chi connectivity index (χ3n) is 4.72. The molecular formula is C18H25N3. The molecule has 0 spiro atoms. The molecule has 3 rings (SSSR count). The molecule has 1 aliphatic rings. The van der Waals surface area contributed by atoms with Gasteiger partial charge in [-0.25, -0.2) is 4.68 Å². The summed E-state index contributed by atoms with van der Waals surface area (Å²) in [7, 11) is 0. The zero-order chi connectivity index (χ0) is 14.7. The summed E-state index contributed by atoms with van der Waals surface area (Å²) in [5, 5.41) is 7.94. The molecule has 112 valence electrons. The number of hydrogen-bond donors (Lipinski definition) is 1. The highest BCUT2D eigenvalue weighted by atomic mass is 15.3. The van der Waals surface area contributed by atoms with Gasteiger partial charge >= 0.3 is 0 Å². The first-order valence-electron chi connectivity index (χ1n) is 8.09. The minimum atomic E-state index is 0.635. The van der Waals surface area contributed by atoms with Gasteiger partial charge in [-0.15, -0.1) is 0 Å². The Balaban J connectivity index is 1.57. The molecule has 1 saturated carbocycles. The van der Waals surface area contributed by atoms with Crippen LogP contribution in [0.2, 0.25) is 0 Å². The Labute approximate surface area is 127 Å². The van der Waals surface area contributed by atoms with Crippen molar-refractivity contribution in [1.29, 1.82) is 0 Å². The second-order valence-electron chi connectivity index (χ2n) is 6.50. The molecule has 1 aromatic carbocycles. The summed E-state index contributed by atoms with van der Waals surface area (Å²) >= 11 is 0. The fraction of sp³-hybridized carbons (Fsp3) is 0.500. The Morgan fingerprint density at radius 3 is 2.38 bits per heavy atom. The molecule has 2 aromatic rings. The third-order valence-corrected chi connectivity index (χ3v) is 4.72. The highest BCUT2D eigenvalue weighted by Gasteiger charge is 2.22. The summed E-state index contributed by atoms with van der Waals surface area (Å²) in [5.41, 5.74) is 2.33. The number of aromatic nitrogens is 2. The Hall–Kier alpha value is -1.77. The first kappa shape index (κ1) is 14.2. The van der Waals surface area contributed by atoms with Crippen molar-refractivity contribution in [1.82, 2.24) is 9.78 Å². The first-order chi connectivity index (χ1) is 10.2. The highest BCUT2D eigenvalue weighted by Crippen LogP contribution is 2.31. The molecule has 1 aliphatic carbocycles. The molecular weight excluding hydrogens is 258 g/mol. The molecule has 0 saturated heterocycles. The largest absolute Gasteiger partial charge is 0.382 e. The van der Waals surface area contributed by atoms with Crippen LogP contribution in [0.3, 0.4) is 0 Å². The van der Waals surface area contributed by atoms with Crippen LogP contribution in [-0.4, -0.2) is 15.8 Å². The summed E-state index contributed by atoms with van der Waals surface area (Å²) in [5.74, 6) is 1.75. The van der Waals surface area contributed by atoms with E-state index in [4.69, 9.17) is 0 Å². The van der Waals surface area contributed by atoms with Crippen molar-refractivity contribution in [2.45, 2.75) is 45.6 Å². The Bertz CT molecular complexity index is 534. The molecule has 1 aromatic heterocycles. The molecule has 1 fully saturated rings. The monoisotopic (exact) mass is 283 g/mol. The van der Waals surface area contributed by atoms with Gasteiger partial charge in [-0.2, -0.15) is 5.10 Å². The molecule has 0 atom stereocenters. The standard InChI is InChI=1S/C18H25N3/c1-14(2)15-4-6-16(7-5-15)20-17-8-10-18(11-9-17)21-13-3-12-19-21/h3,8-16,20H,4-7H2,1-2H3. The van der Waals surface area contributed by atoms with Crippen LogP contribution in [0.15, 0.2) is 42.7 Å². The van der Waals surface area contributed by atoms with Gasteiger partial charge in [-0.3, -0.25) is 0 Å². The van der Waals surface area contributed by atoms with E-state index in [0.717, 1.165) is 17.5 Å². The van der Waals surface area contributed by atoms with Gasteiger partial charge in [-0.1, -0.05) is 13.8 Å². The van der Waals surface area contributed by atoms with Crippen molar-refractivity contribution >= 4 is 5.69 Å². The van der Waals surface area contributed by atoms with E-state index in [2.05, 4.69) is 48.5 Å². The summed E-state index contributed by atoms with van der Waals surface area (Å²) < 4.78 is 1.89. The second-order valence-corrected chi connectivity index (χ2v) is 6.50. The van der Waals surface area contributed by atoms with Crippen molar-refractivity contribution in [3.63, 3.8) is 0 Å². The van der Waals surface area contributed by atoms with Crippen LogP contribution in [0.5, 0.6) is 0 Å². The van der Waals surface area contributed by atoms with Crippen molar-refractivity contribution in [2.75, 3.05) is 5.32 Å². The predicted molar refractivity (Wildman–Crippen MR) is 87.8 cm³/mol. The molecule has 0 unspecified atom stereocenters. The fourth-order valence-corrected chi connectivity index (χ4v) is 3.30. The number of rotatable bonds is 4. The maximum Gasteiger partial charge on any atom is 0.0647 e. The average Bonchev–Trinajstić information content (AvgIpc) is 3.03. The van der Waals surface area contributed by atoms with Crippen LogP contribution in [-0.2, 0) is 0 Å². The van der Waals surface area contributed by atoms with Gasteiger partial charge in [0.25, 0.3) is 0 Å². The van der Waals surface area contributed by atoms with E-state index in [9.17, 15) is 0 Å². The number of nitrogens with zero attached hydrogens (tertiary/aromatic N) is 2. The lowest BCUT2D eigenvalue weighted by atomic mass is 9.79. The molecule has 21 heavy (non-hydrogen) atoms. The lowest BCUT2D eigenvalue weighted by molar-refractivity contribution is 0.267. The molecule has 3 nitrogen and oxygen atoms in total. The summed E-state index contributed by atoms with van der Waals surface area (Å²) in [4.78, 5) is 0. The van der Waals surface area contributed by atoms with Crippen LogP contribution in [0.1, 0.15) is 39.5 Å². The van der Waals surface area contributed by atoms with Gasteiger partial charge in [0, 0.05) is 24.1 Å². The normalized spacial score (nSPS) is 22.4. The molecule has 1 heterocycles. The number of hydrogen-bond acceptors (Lipinski definition) is 2. The van der Waals surface area contributed by atoms with Crippen molar-refractivity contribution in [3.8, 4) is 5.69 Å². The fourth-order valence-electron chi connectivity index (χ4n) is 3.30. The van der Waals surface area contributed by atoms with Crippen LogP contribution in [0.25, 0.3) is 5.69 Å². The molecule has 0 bridgehead atoms. The van der Waals surface area contributed by atoms with Gasteiger partial charge in [0.1, 0.15) is 0 Å². The van der Waals surface area contributed by atoms with E-state index in [1.807, 2.05) is 16.9 Å². The molecule has 0 aliphatic heterocycles. The number of benzene rings is 1. The minimum absolute atomic E-state index is 0.635. The Kier molecular flexibility index (Phi) is 4.28. The van der Waals surface area contributed by atoms with E-state index in [0.29, 0.717) is 6.04 Å². The second kappa shape index (κ2) is 6.33. The topological polar surface area (TPSA) is 29.9 Å². The van der Waals surface area contributed by atoms with Crippen molar-refractivity contribution < 1.29 is 0 Å². The van der Waals surface area contributed by atoms with Gasteiger partial charge in [0.05, 0.1) is 5.69 Å². The first-order valence-corrected chi connectivity index (χ1v) is 8.09. The van der Waals surface area contributed by atoms with Gasteiger partial charge < -0.3 is 5.32 Å². The van der Waals surface area contributed by atoms with E-state index in [1.165, 1.54) is 31.4 Å². The summed E-state index contributed by atoms with van der Waals surface area (Å²) in [6, 6.07) is 11.1. The summed E-state index contributed by atoms with van der Waals surface area (Å²) in [6.45, 7) is 4.71. The Morgan fingerprint density at radius 1 is 1.10 bits per heavy atom. The molecule has 3 heteroatoms. The summed E-state index contributed by atoms with van der Waals surface area (Å²) in [6.07, 6.45) is 9.09. The quantitative estimate of drug-likeness (QED) is 0.895. The SMILES string of the molecule is CC(C)C1CCC(Nc2ccc(-n3cccn3)cc2)CC1. The smallest absolute Gasteiger partial charge is 0.0647 e. The van der Waals surface area contributed by atoms with E-state index in [-0.39, 0.29) is 0 Å². The van der Waals surface area contributed by atoms with E-state index >= 15 is 0 Å². The average molecular weight is 283 g/mol. The van der Waals surface area contributed by atoms with Gasteiger partial charge in [0.15, 0.2) is 0 Å². The lowest BCUT2D eigenvalue weighted by Crippen LogP contribution is -2.27. The van der Waals surface area contributed by atoms with Crippen molar-refractivity contribution in [2.24, 2.45) is 11.8 Å². The minimum Gasteiger partial charge on any atom is -0.382 e. The predicted octanol–water partition coefficient (Wildman–Crippen LogP) is 4.50. The van der Waals surface area contributed by atoms with Crippen molar-refractivity contribution in [3.05, 3.63) is 42.7 Å². The maximum atomic E-state index is 4.25. The van der Waals surface area contributed by atoms with Crippen LogP contribution in [0.4, 0.5) is 5.69 Å². The van der Waals surface area contributed by atoms with E-state index < -0.39 is 0 Å². The molecule has 0 radical (unpaired) electrons. The van der Waals surface area contributed by atoms with Gasteiger partial charge in [-0.05, 0) is 67.9 Å². The molecule has 0 amide bonds. The number of anilines is 1. The highest BCUT2D eigenvalue weighted by molar-refractivity contribution is 5.49. The van der Waals surface area contributed by atoms with Crippen LogP contribution >= 0.6 is 0 Å². The Morgan fingerprint density at radius 2 is 1.81 bits per heavy atom. The maximum absolute atomic E-state index is 4.25. The van der Waals surface area contributed by atoms with E-state index in [1.54, 1.807) is 6.20 Å².